The van der Waals surface area contributed by atoms with Crippen molar-refractivity contribution < 1.29 is 27.9 Å². The van der Waals surface area contributed by atoms with E-state index in [2.05, 4.69) is 5.32 Å². The Morgan fingerprint density at radius 2 is 2.00 bits per heavy atom. The van der Waals surface area contributed by atoms with Crippen LogP contribution in [-0.4, -0.2) is 31.6 Å². The molecule has 1 aliphatic rings. The van der Waals surface area contributed by atoms with Gasteiger partial charge >= 0.3 is 5.97 Å². The molecule has 0 spiro atoms. The summed E-state index contributed by atoms with van der Waals surface area (Å²) in [6.45, 7) is 0.329. The molecule has 1 unspecified atom stereocenters. The van der Waals surface area contributed by atoms with Crippen LogP contribution in [0.3, 0.4) is 0 Å². The number of furan rings is 1. The van der Waals surface area contributed by atoms with Crippen LogP contribution in [0.4, 0.5) is 4.39 Å². The zero-order valence-electron chi connectivity index (χ0n) is 14.5. The maximum absolute atomic E-state index is 13.2. The van der Waals surface area contributed by atoms with Gasteiger partial charge < -0.3 is 19.2 Å². The minimum atomic E-state index is -0.658. The lowest BCUT2D eigenvalue weighted by atomic mass is 10.0. The van der Waals surface area contributed by atoms with Gasteiger partial charge in [0.2, 0.25) is 0 Å². The Balaban J connectivity index is 1.81. The predicted octanol–water partition coefficient (Wildman–Crippen LogP) is 3.29. The van der Waals surface area contributed by atoms with E-state index in [0.29, 0.717) is 46.6 Å². The van der Waals surface area contributed by atoms with Gasteiger partial charge in [-0.1, -0.05) is 0 Å². The summed E-state index contributed by atoms with van der Waals surface area (Å²) in [7, 11) is 1.52. The fourth-order valence-corrected chi connectivity index (χ4v) is 3.05. The van der Waals surface area contributed by atoms with Gasteiger partial charge in [-0.05, 0) is 42.5 Å². The molecule has 0 bridgehead atoms. The zero-order chi connectivity index (χ0) is 19.0. The van der Waals surface area contributed by atoms with Gasteiger partial charge in [-0.2, -0.15) is 0 Å². The summed E-state index contributed by atoms with van der Waals surface area (Å²) < 4.78 is 29.7. The lowest BCUT2D eigenvalue weighted by Crippen LogP contribution is -2.21. The third-order valence-corrected chi connectivity index (χ3v) is 4.39. The van der Waals surface area contributed by atoms with Crippen molar-refractivity contribution in [1.82, 2.24) is 5.32 Å². The fraction of sp³-hybridized carbons (Fsp3) is 0.200. The Labute approximate surface area is 153 Å². The Kier molecular flexibility index (Phi) is 4.27. The predicted molar refractivity (Wildman–Crippen MR) is 95.0 cm³/mol. The highest BCUT2D eigenvalue weighted by molar-refractivity contribution is 6.11. The molecule has 4 rings (SSSR count). The van der Waals surface area contributed by atoms with E-state index in [1.54, 1.807) is 30.3 Å². The van der Waals surface area contributed by atoms with E-state index in [-0.39, 0.29) is 11.7 Å². The number of hydrogen-bond donors (Lipinski definition) is 1. The number of amides is 1. The number of rotatable bonds is 4. The number of ether oxygens (including phenoxy) is 2. The number of nitrogens with one attached hydrogen (secondary N) is 1. The summed E-state index contributed by atoms with van der Waals surface area (Å²) in [6.07, 6.45) is -0.180. The van der Waals surface area contributed by atoms with Gasteiger partial charge in [0.05, 0.1) is 12.2 Å². The lowest BCUT2D eigenvalue weighted by molar-refractivity contribution is -0.143. The van der Waals surface area contributed by atoms with Crippen LogP contribution >= 0.6 is 0 Å². The second-order valence-corrected chi connectivity index (χ2v) is 6.11. The molecule has 1 amide bonds. The smallest absolute Gasteiger partial charge is 0.347 e. The average molecular weight is 369 g/mol. The lowest BCUT2D eigenvalue weighted by Gasteiger charge is -2.09. The van der Waals surface area contributed by atoms with Crippen molar-refractivity contribution in [2.45, 2.75) is 12.5 Å². The Hall–Kier alpha value is -3.35. The maximum Gasteiger partial charge on any atom is 0.347 e. The Morgan fingerprint density at radius 3 is 2.67 bits per heavy atom. The molecular formula is C20H16FNO5. The van der Waals surface area contributed by atoms with Gasteiger partial charge in [0.25, 0.3) is 5.91 Å². The SMILES string of the molecule is CNC(=O)c1c(-c2ccc(F)cc2)oc2ccc(OC3CCOC3=O)cc12. The molecule has 0 saturated carbocycles. The summed E-state index contributed by atoms with van der Waals surface area (Å²) in [5, 5.41) is 3.13. The van der Waals surface area contributed by atoms with E-state index in [1.165, 1.54) is 19.2 Å². The number of carbonyl (C=O) groups excluding carboxylic acids is 2. The van der Waals surface area contributed by atoms with Crippen molar-refractivity contribution in [2.75, 3.05) is 13.7 Å². The molecule has 6 nitrogen and oxygen atoms in total. The molecule has 138 valence electrons. The first kappa shape index (κ1) is 17.1. The molecule has 2 aromatic carbocycles. The van der Waals surface area contributed by atoms with E-state index in [9.17, 15) is 14.0 Å². The van der Waals surface area contributed by atoms with Crippen LogP contribution in [0.25, 0.3) is 22.3 Å². The standard InChI is InChI=1S/C20H16FNO5/c1-22-19(23)17-14-10-13(26-16-8-9-25-20(16)24)6-7-15(14)27-18(17)11-2-4-12(21)5-3-11/h2-7,10,16H,8-9H2,1H3,(H,22,23). The number of hydrogen-bond acceptors (Lipinski definition) is 5. The largest absolute Gasteiger partial charge is 0.479 e. The van der Waals surface area contributed by atoms with Crippen LogP contribution in [0.15, 0.2) is 46.9 Å². The molecule has 0 radical (unpaired) electrons. The van der Waals surface area contributed by atoms with E-state index in [4.69, 9.17) is 13.9 Å². The minimum absolute atomic E-state index is 0.318. The molecule has 1 atom stereocenters. The van der Waals surface area contributed by atoms with Gasteiger partial charge in [-0.25, -0.2) is 9.18 Å². The first-order valence-corrected chi connectivity index (χ1v) is 8.44. The highest BCUT2D eigenvalue weighted by atomic mass is 19.1. The number of carbonyl (C=O) groups is 2. The Bertz CT molecular complexity index is 1020. The summed E-state index contributed by atoms with van der Waals surface area (Å²) in [6, 6.07) is 10.7. The third kappa shape index (κ3) is 3.12. The molecule has 3 aromatic rings. The molecule has 7 heteroatoms. The molecule has 27 heavy (non-hydrogen) atoms. The highest BCUT2D eigenvalue weighted by Gasteiger charge is 2.29. The molecule has 2 heterocycles. The minimum Gasteiger partial charge on any atom is -0.479 e. The third-order valence-electron chi connectivity index (χ3n) is 4.39. The summed E-state index contributed by atoms with van der Waals surface area (Å²) in [4.78, 5) is 24.1. The highest BCUT2D eigenvalue weighted by Crippen LogP contribution is 2.36. The molecule has 1 aliphatic heterocycles. The zero-order valence-corrected chi connectivity index (χ0v) is 14.5. The normalized spacial score (nSPS) is 16.4. The van der Waals surface area contributed by atoms with Crippen LogP contribution in [0.1, 0.15) is 16.8 Å². The second kappa shape index (κ2) is 6.75. The molecule has 1 N–H and O–H groups in total. The molecule has 1 saturated heterocycles. The van der Waals surface area contributed by atoms with Crippen molar-refractivity contribution in [1.29, 1.82) is 0 Å². The topological polar surface area (TPSA) is 77.8 Å². The number of cyclic esters (lactones) is 1. The van der Waals surface area contributed by atoms with E-state index in [1.807, 2.05) is 0 Å². The number of benzene rings is 2. The van der Waals surface area contributed by atoms with Crippen molar-refractivity contribution >= 4 is 22.8 Å². The summed E-state index contributed by atoms with van der Waals surface area (Å²) in [5.41, 5.74) is 1.38. The van der Waals surface area contributed by atoms with Crippen LogP contribution < -0.4 is 10.1 Å². The molecule has 1 fully saturated rings. The average Bonchev–Trinajstić information content (AvgIpc) is 3.25. The number of fused-ring (bicyclic) bond motifs is 1. The quantitative estimate of drug-likeness (QED) is 0.714. The van der Waals surface area contributed by atoms with Gasteiger partial charge in [0.1, 0.15) is 22.9 Å². The molecule has 1 aromatic heterocycles. The van der Waals surface area contributed by atoms with Gasteiger partial charge in [0.15, 0.2) is 6.10 Å². The first-order chi connectivity index (χ1) is 13.1. The number of esters is 1. The van der Waals surface area contributed by atoms with Crippen LogP contribution in [-0.2, 0) is 9.53 Å². The van der Waals surface area contributed by atoms with Crippen LogP contribution in [0, 0.1) is 5.82 Å². The summed E-state index contributed by atoms with van der Waals surface area (Å²) >= 11 is 0. The van der Waals surface area contributed by atoms with Gasteiger partial charge in [0, 0.05) is 24.4 Å². The van der Waals surface area contributed by atoms with Crippen molar-refractivity contribution in [3.8, 4) is 17.1 Å². The molecular weight excluding hydrogens is 353 g/mol. The summed E-state index contributed by atoms with van der Waals surface area (Å²) in [5.74, 6) is -0.355. The van der Waals surface area contributed by atoms with E-state index >= 15 is 0 Å². The maximum atomic E-state index is 13.2. The van der Waals surface area contributed by atoms with Crippen molar-refractivity contribution in [3.63, 3.8) is 0 Å². The van der Waals surface area contributed by atoms with E-state index in [0.717, 1.165) is 0 Å². The van der Waals surface area contributed by atoms with Crippen LogP contribution in [0.5, 0.6) is 5.75 Å². The van der Waals surface area contributed by atoms with Crippen molar-refractivity contribution in [2.24, 2.45) is 0 Å². The van der Waals surface area contributed by atoms with Crippen LogP contribution in [0.2, 0.25) is 0 Å². The van der Waals surface area contributed by atoms with Gasteiger partial charge in [-0.3, -0.25) is 4.79 Å². The monoisotopic (exact) mass is 369 g/mol. The number of halogens is 1. The van der Waals surface area contributed by atoms with E-state index < -0.39 is 12.1 Å². The first-order valence-electron chi connectivity index (χ1n) is 8.44. The fourth-order valence-electron chi connectivity index (χ4n) is 3.05. The second-order valence-electron chi connectivity index (χ2n) is 6.11. The molecule has 0 aliphatic carbocycles. The Morgan fingerprint density at radius 1 is 1.22 bits per heavy atom. The van der Waals surface area contributed by atoms with Crippen molar-refractivity contribution in [3.05, 3.63) is 53.8 Å². The van der Waals surface area contributed by atoms with Gasteiger partial charge in [-0.15, -0.1) is 0 Å².